The Morgan fingerprint density at radius 1 is 0.833 bits per heavy atom. The van der Waals surface area contributed by atoms with Crippen LogP contribution in [0.2, 0.25) is 0 Å². The van der Waals surface area contributed by atoms with Gasteiger partial charge < -0.3 is 0 Å². The quantitative estimate of drug-likeness (QED) is 0.509. The Hall–Kier alpha value is -1.04. The number of fused-ring (bicyclic) bond motifs is 1. The predicted molar refractivity (Wildman–Crippen MR) is 52.5 cm³/mol. The molecule has 0 amide bonds. The fraction of sp³-hybridized carbons (Fsp3) is 0.333. The van der Waals surface area contributed by atoms with Crippen LogP contribution in [0.5, 0.6) is 0 Å². The number of aryl methyl sites for hydroxylation is 2. The maximum absolute atomic E-state index is 2.33. The van der Waals surface area contributed by atoms with E-state index in [-0.39, 0.29) is 0 Å². The van der Waals surface area contributed by atoms with Crippen LogP contribution in [0.3, 0.4) is 0 Å². The van der Waals surface area contributed by atoms with Gasteiger partial charge in [0.1, 0.15) is 0 Å². The molecule has 2 rings (SSSR count). The van der Waals surface area contributed by atoms with Gasteiger partial charge in [-0.1, -0.05) is 24.3 Å². The highest BCUT2D eigenvalue weighted by molar-refractivity contribution is 5.40. The molecule has 0 atom stereocenters. The molecule has 1 aliphatic rings. The lowest BCUT2D eigenvalue weighted by Gasteiger charge is -2.13. The molecule has 62 valence electrons. The maximum atomic E-state index is 2.33. The predicted octanol–water partition coefficient (Wildman–Crippen LogP) is 2.96. The van der Waals surface area contributed by atoms with Crippen molar-refractivity contribution in [3.05, 3.63) is 46.5 Å². The molecular weight excluding hydrogens is 144 g/mol. The van der Waals surface area contributed by atoms with Gasteiger partial charge in [-0.2, -0.15) is 0 Å². The summed E-state index contributed by atoms with van der Waals surface area (Å²) in [5.41, 5.74) is 5.87. The molecule has 0 radical (unpaired) electrons. The van der Waals surface area contributed by atoms with Crippen LogP contribution in [0.4, 0.5) is 0 Å². The molecule has 12 heavy (non-hydrogen) atoms. The van der Waals surface area contributed by atoms with E-state index in [0.29, 0.717) is 0 Å². The minimum absolute atomic E-state index is 1.12. The molecule has 0 N–H and O–H groups in total. The van der Waals surface area contributed by atoms with Crippen LogP contribution in [0.15, 0.2) is 24.3 Å². The molecule has 0 heteroatoms. The van der Waals surface area contributed by atoms with E-state index < -0.39 is 0 Å². The highest BCUT2D eigenvalue weighted by Crippen LogP contribution is 2.20. The molecule has 0 aliphatic heterocycles. The van der Waals surface area contributed by atoms with E-state index in [4.69, 9.17) is 0 Å². The molecule has 0 unspecified atom stereocenters. The van der Waals surface area contributed by atoms with Gasteiger partial charge in [0.25, 0.3) is 0 Å². The fourth-order valence-corrected chi connectivity index (χ4v) is 1.74. The van der Waals surface area contributed by atoms with E-state index >= 15 is 0 Å². The summed E-state index contributed by atoms with van der Waals surface area (Å²) in [4.78, 5) is 0. The first-order valence-electron chi connectivity index (χ1n) is 4.51. The Bertz CT molecular complexity index is 299. The van der Waals surface area contributed by atoms with E-state index in [2.05, 4.69) is 38.1 Å². The van der Waals surface area contributed by atoms with Crippen molar-refractivity contribution in [1.29, 1.82) is 0 Å². The lowest BCUT2D eigenvalue weighted by Crippen LogP contribution is -1.99. The number of allylic oxidation sites excluding steroid dienone is 2. The zero-order valence-electron chi connectivity index (χ0n) is 7.72. The Kier molecular flexibility index (Phi) is 1.76. The Balaban J connectivity index is 2.53. The highest BCUT2D eigenvalue weighted by atomic mass is 14.1. The summed E-state index contributed by atoms with van der Waals surface area (Å²) < 4.78 is 0. The van der Waals surface area contributed by atoms with Gasteiger partial charge in [0.2, 0.25) is 0 Å². The second kappa shape index (κ2) is 2.78. The Morgan fingerprint density at radius 3 is 1.67 bits per heavy atom. The van der Waals surface area contributed by atoms with Gasteiger partial charge in [-0.05, 0) is 48.9 Å². The third-order valence-corrected chi connectivity index (χ3v) is 2.66. The summed E-state index contributed by atoms with van der Waals surface area (Å²) in [5.74, 6) is 0. The average molecular weight is 158 g/mol. The lowest BCUT2D eigenvalue weighted by molar-refractivity contribution is 1.07. The van der Waals surface area contributed by atoms with Gasteiger partial charge in [0.15, 0.2) is 0 Å². The summed E-state index contributed by atoms with van der Waals surface area (Å²) in [6, 6.07) is 4.66. The van der Waals surface area contributed by atoms with Gasteiger partial charge in [-0.15, -0.1) is 0 Å². The largest absolute Gasteiger partial charge is 0.0838 e. The van der Waals surface area contributed by atoms with Gasteiger partial charge in [-0.3, -0.25) is 0 Å². The lowest BCUT2D eigenvalue weighted by atomic mass is 9.93. The van der Waals surface area contributed by atoms with Crippen molar-refractivity contribution in [2.24, 2.45) is 0 Å². The molecule has 0 nitrogen and oxygen atoms in total. The molecule has 1 aromatic carbocycles. The number of rotatable bonds is 0. The summed E-state index contributed by atoms with van der Waals surface area (Å²) in [7, 11) is 0. The third-order valence-electron chi connectivity index (χ3n) is 2.66. The average Bonchev–Trinajstić information content (AvgIpc) is 2.07. The van der Waals surface area contributed by atoms with Gasteiger partial charge in [-0.25, -0.2) is 0 Å². The topological polar surface area (TPSA) is 0 Å². The van der Waals surface area contributed by atoms with E-state index in [1.165, 1.54) is 22.3 Å². The van der Waals surface area contributed by atoms with Crippen LogP contribution in [0.25, 0.3) is 0 Å². The van der Waals surface area contributed by atoms with Crippen molar-refractivity contribution in [3.63, 3.8) is 0 Å². The molecule has 0 saturated heterocycles. The first kappa shape index (κ1) is 7.60. The Morgan fingerprint density at radius 2 is 1.25 bits per heavy atom. The molecule has 0 fully saturated rings. The van der Waals surface area contributed by atoms with Crippen LogP contribution in [0.1, 0.15) is 22.3 Å². The zero-order valence-corrected chi connectivity index (χ0v) is 7.72. The van der Waals surface area contributed by atoms with Crippen LogP contribution in [0, 0.1) is 13.8 Å². The number of benzene rings is 1. The SMILES string of the molecule is Cc1cc2c(cc1C)CC=CC2. The van der Waals surface area contributed by atoms with E-state index in [0.717, 1.165) is 12.8 Å². The molecule has 0 spiro atoms. The van der Waals surface area contributed by atoms with E-state index in [9.17, 15) is 0 Å². The van der Waals surface area contributed by atoms with Crippen LogP contribution < -0.4 is 0 Å². The van der Waals surface area contributed by atoms with E-state index in [1.807, 2.05) is 0 Å². The van der Waals surface area contributed by atoms with Crippen molar-refractivity contribution >= 4 is 0 Å². The standard InChI is InChI=1S/C12H14/c1-9-7-11-5-3-4-6-12(11)8-10(9)2/h3-4,7-8H,5-6H2,1-2H3. The smallest absolute Gasteiger partial charge is 0.00944 e. The number of hydrogen-bond donors (Lipinski definition) is 0. The molecule has 0 bridgehead atoms. The van der Waals surface area contributed by atoms with Crippen molar-refractivity contribution in [2.45, 2.75) is 26.7 Å². The summed E-state index contributed by atoms with van der Waals surface area (Å²) >= 11 is 0. The van der Waals surface area contributed by atoms with Crippen LogP contribution in [-0.4, -0.2) is 0 Å². The second-order valence-corrected chi connectivity index (χ2v) is 3.58. The van der Waals surface area contributed by atoms with Gasteiger partial charge >= 0.3 is 0 Å². The van der Waals surface area contributed by atoms with Crippen molar-refractivity contribution < 1.29 is 0 Å². The molecular formula is C12H14. The van der Waals surface area contributed by atoms with E-state index in [1.54, 1.807) is 0 Å². The summed E-state index contributed by atoms with van der Waals surface area (Å²) in [6.07, 6.45) is 6.76. The zero-order chi connectivity index (χ0) is 8.55. The highest BCUT2D eigenvalue weighted by Gasteiger charge is 2.05. The molecule has 0 aromatic heterocycles. The molecule has 1 aromatic rings. The minimum Gasteiger partial charge on any atom is -0.0838 e. The normalized spacial score (nSPS) is 14.5. The van der Waals surface area contributed by atoms with Crippen LogP contribution >= 0.6 is 0 Å². The van der Waals surface area contributed by atoms with Crippen molar-refractivity contribution in [3.8, 4) is 0 Å². The van der Waals surface area contributed by atoms with Crippen molar-refractivity contribution in [1.82, 2.24) is 0 Å². The molecule has 1 aliphatic carbocycles. The molecule has 0 saturated carbocycles. The summed E-state index contributed by atoms with van der Waals surface area (Å²) in [5, 5.41) is 0. The summed E-state index contributed by atoms with van der Waals surface area (Å²) in [6.45, 7) is 4.38. The second-order valence-electron chi connectivity index (χ2n) is 3.58. The van der Waals surface area contributed by atoms with Gasteiger partial charge in [0.05, 0.1) is 0 Å². The van der Waals surface area contributed by atoms with Crippen molar-refractivity contribution in [2.75, 3.05) is 0 Å². The fourth-order valence-electron chi connectivity index (χ4n) is 1.74. The first-order chi connectivity index (χ1) is 5.77. The number of hydrogen-bond acceptors (Lipinski definition) is 0. The first-order valence-corrected chi connectivity index (χ1v) is 4.51. The van der Waals surface area contributed by atoms with Crippen LogP contribution in [-0.2, 0) is 12.8 Å². The van der Waals surface area contributed by atoms with Gasteiger partial charge in [0, 0.05) is 0 Å². The Labute approximate surface area is 73.9 Å². The maximum Gasteiger partial charge on any atom is -0.00944 e. The monoisotopic (exact) mass is 158 g/mol. The molecule has 0 heterocycles. The minimum atomic E-state index is 1.12. The third kappa shape index (κ3) is 1.18.